The number of nitriles is 1. The van der Waals surface area contributed by atoms with Gasteiger partial charge in [0.25, 0.3) is 0 Å². The molecule has 0 aromatic heterocycles. The molecule has 2 bridgehead atoms. The predicted molar refractivity (Wildman–Crippen MR) is 63.9 cm³/mol. The Labute approximate surface area is 96.3 Å². The third-order valence-electron chi connectivity index (χ3n) is 4.19. The maximum Gasteiger partial charge on any atom is 0.128 e. The third kappa shape index (κ3) is 1.39. The molecular weight excluding hydrogens is 196 g/mol. The van der Waals surface area contributed by atoms with E-state index in [9.17, 15) is 5.26 Å². The van der Waals surface area contributed by atoms with Crippen LogP contribution in [-0.4, -0.2) is 5.54 Å². The van der Waals surface area contributed by atoms with Gasteiger partial charge in [0, 0.05) is 5.69 Å². The molecule has 3 unspecified atom stereocenters. The minimum Gasteiger partial charge on any atom is -0.367 e. The highest BCUT2D eigenvalue weighted by Crippen LogP contribution is 2.51. The molecule has 0 radical (unpaired) electrons. The van der Waals surface area contributed by atoms with Crippen molar-refractivity contribution in [1.29, 1.82) is 5.26 Å². The number of hydrogen-bond acceptors (Lipinski definition) is 2. The van der Waals surface area contributed by atoms with Crippen LogP contribution in [0.4, 0.5) is 5.69 Å². The van der Waals surface area contributed by atoms with E-state index in [1.54, 1.807) is 0 Å². The van der Waals surface area contributed by atoms with Crippen LogP contribution >= 0.6 is 0 Å². The van der Waals surface area contributed by atoms with Crippen LogP contribution < -0.4 is 5.32 Å². The maximum absolute atomic E-state index is 9.49. The summed E-state index contributed by atoms with van der Waals surface area (Å²) in [6, 6.07) is 12.7. The van der Waals surface area contributed by atoms with E-state index >= 15 is 0 Å². The molecular formula is C14H16N2. The first-order chi connectivity index (χ1) is 7.82. The molecule has 3 atom stereocenters. The van der Waals surface area contributed by atoms with Crippen molar-refractivity contribution in [2.24, 2.45) is 11.8 Å². The van der Waals surface area contributed by atoms with Crippen LogP contribution in [0.5, 0.6) is 0 Å². The number of rotatable bonds is 2. The number of benzene rings is 1. The number of para-hydroxylation sites is 1. The highest BCUT2D eigenvalue weighted by Gasteiger charge is 2.51. The van der Waals surface area contributed by atoms with E-state index in [0.717, 1.165) is 18.0 Å². The van der Waals surface area contributed by atoms with Crippen molar-refractivity contribution < 1.29 is 0 Å². The first kappa shape index (κ1) is 9.72. The van der Waals surface area contributed by atoms with Gasteiger partial charge in [0.1, 0.15) is 5.54 Å². The van der Waals surface area contributed by atoms with Gasteiger partial charge in [-0.2, -0.15) is 5.26 Å². The van der Waals surface area contributed by atoms with Gasteiger partial charge in [0.05, 0.1) is 6.07 Å². The molecule has 1 N–H and O–H groups in total. The molecule has 2 saturated carbocycles. The highest BCUT2D eigenvalue weighted by atomic mass is 15.0. The molecule has 2 fully saturated rings. The molecule has 1 aromatic carbocycles. The zero-order chi connectivity index (χ0) is 11.0. The average Bonchev–Trinajstić information content (AvgIpc) is 2.91. The Kier molecular flexibility index (Phi) is 2.14. The summed E-state index contributed by atoms with van der Waals surface area (Å²) in [6.07, 6.45) is 4.82. The lowest BCUT2D eigenvalue weighted by atomic mass is 9.82. The molecule has 0 heterocycles. The Morgan fingerprint density at radius 2 is 2.06 bits per heavy atom. The number of nitrogens with zero attached hydrogens (tertiary/aromatic N) is 1. The van der Waals surface area contributed by atoms with Crippen LogP contribution in [0.25, 0.3) is 0 Å². The van der Waals surface area contributed by atoms with E-state index < -0.39 is 0 Å². The summed E-state index contributed by atoms with van der Waals surface area (Å²) in [5, 5.41) is 13.0. The van der Waals surface area contributed by atoms with Gasteiger partial charge in [-0.25, -0.2) is 0 Å². The molecule has 2 nitrogen and oxygen atoms in total. The largest absolute Gasteiger partial charge is 0.367 e. The Bertz CT molecular complexity index is 420. The normalized spacial score (nSPS) is 35.9. The summed E-state index contributed by atoms with van der Waals surface area (Å²) >= 11 is 0. The summed E-state index contributed by atoms with van der Waals surface area (Å²) in [4.78, 5) is 0. The van der Waals surface area contributed by atoms with Crippen LogP contribution in [0.1, 0.15) is 25.7 Å². The molecule has 0 amide bonds. The SMILES string of the molecule is N#CC1(Nc2ccccc2)CC2CCC1C2. The fourth-order valence-corrected chi connectivity index (χ4v) is 3.43. The first-order valence-corrected chi connectivity index (χ1v) is 6.07. The molecule has 2 aliphatic rings. The van der Waals surface area contributed by atoms with Crippen molar-refractivity contribution in [3.8, 4) is 6.07 Å². The zero-order valence-electron chi connectivity index (χ0n) is 9.32. The molecule has 2 heteroatoms. The molecule has 3 rings (SSSR count). The molecule has 1 aromatic rings. The van der Waals surface area contributed by atoms with Gasteiger partial charge in [-0.3, -0.25) is 0 Å². The Morgan fingerprint density at radius 1 is 1.25 bits per heavy atom. The van der Waals surface area contributed by atoms with E-state index in [-0.39, 0.29) is 5.54 Å². The van der Waals surface area contributed by atoms with E-state index in [1.165, 1.54) is 19.3 Å². The Morgan fingerprint density at radius 3 is 2.62 bits per heavy atom. The molecule has 0 aliphatic heterocycles. The van der Waals surface area contributed by atoms with Crippen LogP contribution in [0.2, 0.25) is 0 Å². The maximum atomic E-state index is 9.49. The zero-order valence-corrected chi connectivity index (χ0v) is 9.32. The standard InChI is InChI=1S/C14H16N2/c15-10-14(9-11-6-7-12(14)8-11)16-13-4-2-1-3-5-13/h1-5,11-12,16H,6-9H2. The minimum atomic E-state index is -0.287. The van der Waals surface area contributed by atoms with Crippen molar-refractivity contribution in [3.63, 3.8) is 0 Å². The number of nitrogens with one attached hydrogen (secondary N) is 1. The quantitative estimate of drug-likeness (QED) is 0.817. The van der Waals surface area contributed by atoms with E-state index in [2.05, 4.69) is 11.4 Å². The average molecular weight is 212 g/mol. The van der Waals surface area contributed by atoms with Crippen LogP contribution in [0.15, 0.2) is 30.3 Å². The Hall–Kier alpha value is -1.49. The van der Waals surface area contributed by atoms with Crippen molar-refractivity contribution in [1.82, 2.24) is 0 Å². The van der Waals surface area contributed by atoms with Gasteiger partial charge in [-0.05, 0) is 49.7 Å². The summed E-state index contributed by atoms with van der Waals surface area (Å²) in [7, 11) is 0. The van der Waals surface area contributed by atoms with Gasteiger partial charge < -0.3 is 5.32 Å². The topological polar surface area (TPSA) is 35.8 Å². The van der Waals surface area contributed by atoms with E-state index in [1.807, 2.05) is 30.3 Å². The summed E-state index contributed by atoms with van der Waals surface area (Å²) in [6.45, 7) is 0. The molecule has 0 spiro atoms. The van der Waals surface area contributed by atoms with E-state index in [4.69, 9.17) is 0 Å². The number of hydrogen-bond donors (Lipinski definition) is 1. The lowest BCUT2D eigenvalue weighted by Gasteiger charge is -2.32. The monoisotopic (exact) mass is 212 g/mol. The van der Waals surface area contributed by atoms with Crippen molar-refractivity contribution >= 4 is 5.69 Å². The van der Waals surface area contributed by atoms with Crippen molar-refractivity contribution in [3.05, 3.63) is 30.3 Å². The lowest BCUT2D eigenvalue weighted by Crippen LogP contribution is -2.41. The fraction of sp³-hybridized carbons (Fsp3) is 0.500. The fourth-order valence-electron chi connectivity index (χ4n) is 3.43. The van der Waals surface area contributed by atoms with Crippen molar-refractivity contribution in [2.45, 2.75) is 31.2 Å². The van der Waals surface area contributed by atoms with Gasteiger partial charge >= 0.3 is 0 Å². The third-order valence-corrected chi connectivity index (χ3v) is 4.19. The first-order valence-electron chi connectivity index (χ1n) is 6.07. The molecule has 0 saturated heterocycles. The van der Waals surface area contributed by atoms with Crippen molar-refractivity contribution in [2.75, 3.05) is 5.32 Å². The summed E-state index contributed by atoms with van der Waals surface area (Å²) in [5.41, 5.74) is 0.793. The van der Waals surface area contributed by atoms with Gasteiger partial charge in [0.15, 0.2) is 0 Å². The van der Waals surface area contributed by atoms with Crippen LogP contribution in [0, 0.1) is 23.2 Å². The minimum absolute atomic E-state index is 0.287. The lowest BCUT2D eigenvalue weighted by molar-refractivity contribution is 0.368. The van der Waals surface area contributed by atoms with Gasteiger partial charge in [-0.1, -0.05) is 18.2 Å². The summed E-state index contributed by atoms with van der Waals surface area (Å²) < 4.78 is 0. The van der Waals surface area contributed by atoms with Gasteiger partial charge in [-0.15, -0.1) is 0 Å². The number of fused-ring (bicyclic) bond motifs is 2. The molecule has 16 heavy (non-hydrogen) atoms. The summed E-state index contributed by atoms with van der Waals surface area (Å²) in [5.74, 6) is 1.34. The second-order valence-electron chi connectivity index (χ2n) is 5.15. The van der Waals surface area contributed by atoms with Crippen LogP contribution in [-0.2, 0) is 0 Å². The highest BCUT2D eigenvalue weighted by molar-refractivity contribution is 5.48. The second kappa shape index (κ2) is 3.52. The number of anilines is 1. The van der Waals surface area contributed by atoms with Crippen LogP contribution in [0.3, 0.4) is 0 Å². The smallest absolute Gasteiger partial charge is 0.128 e. The molecule has 2 aliphatic carbocycles. The van der Waals surface area contributed by atoms with Gasteiger partial charge in [0.2, 0.25) is 0 Å². The Balaban J connectivity index is 1.85. The predicted octanol–water partition coefficient (Wildman–Crippen LogP) is 3.18. The molecule has 82 valence electrons. The van der Waals surface area contributed by atoms with E-state index in [0.29, 0.717) is 5.92 Å². The second-order valence-corrected chi connectivity index (χ2v) is 5.15.